The summed E-state index contributed by atoms with van der Waals surface area (Å²) in [4.78, 5) is 14.2. The van der Waals surface area contributed by atoms with Gasteiger partial charge in [0.05, 0.1) is 4.90 Å². The standard InChI is InChI=1S/C27H24N2O3S2/c1-20-12-18-25(19-13-20)34(31,32)29-23-14-16-24(17-15-23)33-26(21-8-4-2-5-9-21)27(30)28-22-10-6-3-7-11-22/h2-19,26,29H,1H3,(H,28,30). The van der Waals surface area contributed by atoms with Gasteiger partial charge < -0.3 is 5.32 Å². The highest BCUT2D eigenvalue weighted by Crippen LogP contribution is 2.37. The van der Waals surface area contributed by atoms with Gasteiger partial charge in [-0.05, 0) is 61.0 Å². The van der Waals surface area contributed by atoms with Crippen LogP contribution in [0.3, 0.4) is 0 Å². The summed E-state index contributed by atoms with van der Waals surface area (Å²) in [6, 6.07) is 32.6. The van der Waals surface area contributed by atoms with Gasteiger partial charge in [-0.3, -0.25) is 9.52 Å². The molecule has 0 fully saturated rings. The van der Waals surface area contributed by atoms with Crippen LogP contribution in [0.1, 0.15) is 16.4 Å². The summed E-state index contributed by atoms with van der Waals surface area (Å²) >= 11 is 1.40. The molecule has 0 heterocycles. The highest BCUT2D eigenvalue weighted by Gasteiger charge is 2.22. The van der Waals surface area contributed by atoms with Crippen LogP contribution in [-0.2, 0) is 14.8 Å². The Labute approximate surface area is 204 Å². The van der Waals surface area contributed by atoms with Crippen molar-refractivity contribution in [3.63, 3.8) is 0 Å². The maximum atomic E-state index is 13.1. The highest BCUT2D eigenvalue weighted by atomic mass is 32.2. The molecule has 34 heavy (non-hydrogen) atoms. The Morgan fingerprint density at radius 3 is 1.94 bits per heavy atom. The lowest BCUT2D eigenvalue weighted by molar-refractivity contribution is -0.115. The molecule has 1 unspecified atom stereocenters. The lowest BCUT2D eigenvalue weighted by atomic mass is 10.1. The fourth-order valence-electron chi connectivity index (χ4n) is 3.30. The molecule has 1 atom stereocenters. The molecule has 0 aliphatic heterocycles. The number of rotatable bonds is 8. The van der Waals surface area contributed by atoms with E-state index >= 15 is 0 Å². The molecule has 4 aromatic carbocycles. The van der Waals surface area contributed by atoms with E-state index in [2.05, 4.69) is 10.0 Å². The van der Waals surface area contributed by atoms with Gasteiger partial charge in [-0.2, -0.15) is 0 Å². The molecule has 5 nitrogen and oxygen atoms in total. The quantitative estimate of drug-likeness (QED) is 0.287. The molecule has 0 aliphatic carbocycles. The Kier molecular flexibility index (Phi) is 7.35. The van der Waals surface area contributed by atoms with Gasteiger partial charge in [0.2, 0.25) is 5.91 Å². The molecular formula is C27H24N2O3S2. The smallest absolute Gasteiger partial charge is 0.261 e. The van der Waals surface area contributed by atoms with Crippen molar-refractivity contribution in [1.29, 1.82) is 0 Å². The van der Waals surface area contributed by atoms with Gasteiger partial charge in [-0.1, -0.05) is 66.2 Å². The molecule has 0 spiro atoms. The van der Waals surface area contributed by atoms with Crippen molar-refractivity contribution < 1.29 is 13.2 Å². The number of benzene rings is 4. The van der Waals surface area contributed by atoms with Crippen LogP contribution in [0.15, 0.2) is 119 Å². The zero-order valence-electron chi connectivity index (χ0n) is 18.5. The first kappa shape index (κ1) is 23.6. The third kappa shape index (κ3) is 6.07. The van der Waals surface area contributed by atoms with Crippen molar-refractivity contribution in [3.05, 3.63) is 120 Å². The van der Waals surface area contributed by atoms with E-state index in [-0.39, 0.29) is 10.8 Å². The van der Waals surface area contributed by atoms with Crippen LogP contribution in [0.5, 0.6) is 0 Å². The SMILES string of the molecule is Cc1ccc(S(=O)(=O)Nc2ccc(SC(C(=O)Nc3ccccc3)c3ccccc3)cc2)cc1. The number of aryl methyl sites for hydroxylation is 1. The monoisotopic (exact) mass is 488 g/mol. The first-order valence-corrected chi connectivity index (χ1v) is 13.0. The number of hydrogen-bond donors (Lipinski definition) is 2. The summed E-state index contributed by atoms with van der Waals surface area (Å²) in [6.45, 7) is 1.91. The molecule has 0 aromatic heterocycles. The van der Waals surface area contributed by atoms with Gasteiger partial charge >= 0.3 is 0 Å². The molecule has 0 radical (unpaired) electrons. The minimum atomic E-state index is -3.68. The zero-order chi connectivity index (χ0) is 24.0. The summed E-state index contributed by atoms with van der Waals surface area (Å²) in [5, 5.41) is 2.50. The van der Waals surface area contributed by atoms with Gasteiger partial charge in [-0.15, -0.1) is 11.8 Å². The zero-order valence-corrected chi connectivity index (χ0v) is 20.1. The predicted octanol–water partition coefficient (Wildman–Crippen LogP) is 6.27. The van der Waals surface area contributed by atoms with E-state index in [4.69, 9.17) is 0 Å². The summed E-state index contributed by atoms with van der Waals surface area (Å²) < 4.78 is 27.9. The van der Waals surface area contributed by atoms with Crippen LogP contribution >= 0.6 is 11.8 Å². The Balaban J connectivity index is 1.50. The number of amides is 1. The molecule has 4 rings (SSSR count). The Hall–Kier alpha value is -3.55. The number of carbonyl (C=O) groups excluding carboxylic acids is 1. The van der Waals surface area contributed by atoms with E-state index < -0.39 is 15.3 Å². The average Bonchev–Trinajstić information content (AvgIpc) is 2.85. The van der Waals surface area contributed by atoms with Gasteiger partial charge in [0.15, 0.2) is 0 Å². The highest BCUT2D eigenvalue weighted by molar-refractivity contribution is 8.00. The molecule has 7 heteroatoms. The van der Waals surface area contributed by atoms with Crippen LogP contribution in [0.4, 0.5) is 11.4 Å². The van der Waals surface area contributed by atoms with Crippen molar-refractivity contribution in [2.75, 3.05) is 10.0 Å². The fourth-order valence-corrected chi connectivity index (χ4v) is 5.38. The van der Waals surface area contributed by atoms with Crippen molar-refractivity contribution in [2.24, 2.45) is 0 Å². The number of anilines is 2. The van der Waals surface area contributed by atoms with E-state index in [1.54, 1.807) is 36.4 Å². The number of nitrogens with one attached hydrogen (secondary N) is 2. The minimum absolute atomic E-state index is 0.133. The molecule has 172 valence electrons. The molecule has 0 saturated heterocycles. The number of carbonyl (C=O) groups is 1. The topological polar surface area (TPSA) is 75.3 Å². The van der Waals surface area contributed by atoms with Crippen LogP contribution in [-0.4, -0.2) is 14.3 Å². The molecule has 4 aromatic rings. The molecule has 2 N–H and O–H groups in total. The average molecular weight is 489 g/mol. The molecule has 0 saturated carbocycles. The molecule has 0 aliphatic rings. The fraction of sp³-hybridized carbons (Fsp3) is 0.0741. The van der Waals surface area contributed by atoms with Crippen LogP contribution in [0.25, 0.3) is 0 Å². The Morgan fingerprint density at radius 2 is 1.32 bits per heavy atom. The van der Waals surface area contributed by atoms with Crippen LogP contribution in [0, 0.1) is 6.92 Å². The van der Waals surface area contributed by atoms with E-state index in [0.717, 1.165) is 21.7 Å². The van der Waals surface area contributed by atoms with E-state index in [1.807, 2.05) is 79.7 Å². The van der Waals surface area contributed by atoms with Crippen LogP contribution < -0.4 is 10.0 Å². The van der Waals surface area contributed by atoms with Crippen molar-refractivity contribution >= 4 is 39.1 Å². The largest absolute Gasteiger partial charge is 0.325 e. The normalized spacial score (nSPS) is 12.0. The van der Waals surface area contributed by atoms with Crippen LogP contribution in [0.2, 0.25) is 0 Å². The maximum Gasteiger partial charge on any atom is 0.261 e. The van der Waals surface area contributed by atoms with E-state index in [1.165, 1.54) is 11.8 Å². The minimum Gasteiger partial charge on any atom is -0.325 e. The van der Waals surface area contributed by atoms with E-state index in [0.29, 0.717) is 5.69 Å². The first-order chi connectivity index (χ1) is 16.4. The van der Waals surface area contributed by atoms with E-state index in [9.17, 15) is 13.2 Å². The first-order valence-electron chi connectivity index (χ1n) is 10.7. The summed E-state index contributed by atoms with van der Waals surface area (Å²) in [5.41, 5.74) is 3.06. The number of thioether (sulfide) groups is 1. The Bertz CT molecular complexity index is 1340. The molecular weight excluding hydrogens is 464 g/mol. The van der Waals surface area contributed by atoms with Crippen molar-refractivity contribution in [1.82, 2.24) is 0 Å². The number of hydrogen-bond acceptors (Lipinski definition) is 4. The maximum absolute atomic E-state index is 13.1. The Morgan fingerprint density at radius 1 is 0.735 bits per heavy atom. The third-order valence-corrected chi connectivity index (χ3v) is 7.74. The second-order valence-corrected chi connectivity index (χ2v) is 10.6. The second-order valence-electron chi connectivity index (χ2n) is 7.71. The van der Waals surface area contributed by atoms with Crippen molar-refractivity contribution in [3.8, 4) is 0 Å². The summed E-state index contributed by atoms with van der Waals surface area (Å²) in [6.07, 6.45) is 0. The molecule has 0 bridgehead atoms. The summed E-state index contributed by atoms with van der Waals surface area (Å²) in [7, 11) is -3.68. The van der Waals surface area contributed by atoms with Gasteiger partial charge in [0.25, 0.3) is 10.0 Å². The van der Waals surface area contributed by atoms with Gasteiger partial charge in [0.1, 0.15) is 5.25 Å². The summed E-state index contributed by atoms with van der Waals surface area (Å²) in [5.74, 6) is -0.133. The second kappa shape index (κ2) is 10.6. The van der Waals surface area contributed by atoms with Gasteiger partial charge in [0, 0.05) is 16.3 Å². The predicted molar refractivity (Wildman–Crippen MR) is 139 cm³/mol. The van der Waals surface area contributed by atoms with Crippen molar-refractivity contribution in [2.45, 2.75) is 22.0 Å². The molecule has 1 amide bonds. The number of para-hydroxylation sites is 1. The number of sulfonamides is 1. The third-order valence-electron chi connectivity index (χ3n) is 5.07. The van der Waals surface area contributed by atoms with Gasteiger partial charge in [-0.25, -0.2) is 8.42 Å². The lowest BCUT2D eigenvalue weighted by Gasteiger charge is -2.17. The lowest BCUT2D eigenvalue weighted by Crippen LogP contribution is -2.19.